The number of aromatic nitrogens is 5. The lowest BCUT2D eigenvalue weighted by atomic mass is 9.99. The molecule has 4 heterocycles. The van der Waals surface area contributed by atoms with Crippen molar-refractivity contribution >= 4 is 75.1 Å². The van der Waals surface area contributed by atoms with E-state index in [0.29, 0.717) is 17.5 Å². The smallest absolute Gasteiger partial charge is 0.164 e. The van der Waals surface area contributed by atoms with E-state index in [1.54, 1.807) is 11.3 Å². The molecule has 63 heavy (non-hydrogen) atoms. The van der Waals surface area contributed by atoms with Gasteiger partial charge in [0.15, 0.2) is 17.5 Å². The van der Waals surface area contributed by atoms with Gasteiger partial charge in [0.1, 0.15) is 0 Å². The number of para-hydroxylation sites is 3. The summed E-state index contributed by atoms with van der Waals surface area (Å²) in [6.45, 7) is 0. The van der Waals surface area contributed by atoms with Gasteiger partial charge in [-0.1, -0.05) is 146 Å². The zero-order chi connectivity index (χ0) is 41.4. The maximum absolute atomic E-state index is 5.14. The molecule has 0 saturated carbocycles. The molecule has 0 unspecified atom stereocenters. The Morgan fingerprint density at radius 1 is 0.302 bits per heavy atom. The van der Waals surface area contributed by atoms with Gasteiger partial charge in [-0.25, -0.2) is 15.0 Å². The van der Waals surface area contributed by atoms with Crippen molar-refractivity contribution in [3.63, 3.8) is 0 Å². The van der Waals surface area contributed by atoms with Crippen molar-refractivity contribution in [3.8, 4) is 56.7 Å². The quantitative estimate of drug-likeness (QED) is 0.168. The predicted octanol–water partition coefficient (Wildman–Crippen LogP) is 15.1. The lowest BCUT2D eigenvalue weighted by Crippen LogP contribution is -2.00. The highest BCUT2D eigenvalue weighted by molar-refractivity contribution is 7.26. The molecular weight excluding hydrogens is 787 g/mol. The van der Waals surface area contributed by atoms with Gasteiger partial charge in [-0.15, -0.1) is 11.3 Å². The van der Waals surface area contributed by atoms with E-state index in [1.165, 1.54) is 58.4 Å². The van der Waals surface area contributed by atoms with Gasteiger partial charge >= 0.3 is 0 Å². The Bertz CT molecular complexity index is 3790. The molecule has 0 saturated heterocycles. The van der Waals surface area contributed by atoms with E-state index < -0.39 is 0 Å². The van der Waals surface area contributed by atoms with Crippen LogP contribution < -0.4 is 0 Å². The Labute approximate surface area is 366 Å². The molecule has 294 valence electrons. The Hall–Kier alpha value is -8.19. The van der Waals surface area contributed by atoms with Gasteiger partial charge < -0.3 is 9.13 Å². The number of thiophene rings is 1. The second-order valence-corrected chi connectivity index (χ2v) is 17.1. The summed E-state index contributed by atoms with van der Waals surface area (Å²) in [4.78, 5) is 15.2. The minimum Gasteiger partial charge on any atom is -0.309 e. The van der Waals surface area contributed by atoms with E-state index in [4.69, 9.17) is 15.0 Å². The van der Waals surface area contributed by atoms with E-state index in [9.17, 15) is 0 Å². The molecule has 0 amide bonds. The molecule has 0 bridgehead atoms. The average Bonchev–Trinajstić information content (AvgIpc) is 4.01. The number of rotatable bonds is 6. The van der Waals surface area contributed by atoms with Crippen molar-refractivity contribution in [1.82, 2.24) is 24.1 Å². The van der Waals surface area contributed by atoms with Crippen molar-refractivity contribution in [2.75, 3.05) is 0 Å². The summed E-state index contributed by atoms with van der Waals surface area (Å²) in [6, 6.07) is 75.7. The zero-order valence-electron chi connectivity index (χ0n) is 33.9. The van der Waals surface area contributed by atoms with Gasteiger partial charge in [-0.05, 0) is 77.9 Å². The first kappa shape index (κ1) is 35.6. The van der Waals surface area contributed by atoms with E-state index in [0.717, 1.165) is 44.6 Å². The normalized spacial score (nSPS) is 11.8. The third-order valence-corrected chi connectivity index (χ3v) is 13.5. The largest absolute Gasteiger partial charge is 0.309 e. The van der Waals surface area contributed by atoms with Gasteiger partial charge in [0.05, 0.1) is 22.1 Å². The van der Waals surface area contributed by atoms with Crippen LogP contribution in [-0.2, 0) is 0 Å². The molecule has 4 aromatic heterocycles. The van der Waals surface area contributed by atoms with E-state index >= 15 is 0 Å². The Balaban J connectivity index is 0.990. The first-order chi connectivity index (χ1) is 31.2. The Morgan fingerprint density at radius 2 is 0.841 bits per heavy atom. The lowest BCUT2D eigenvalue weighted by Gasteiger charge is -2.11. The molecule has 6 heteroatoms. The molecule has 0 fully saturated rings. The van der Waals surface area contributed by atoms with Crippen molar-refractivity contribution in [3.05, 3.63) is 212 Å². The van der Waals surface area contributed by atoms with Crippen LogP contribution >= 0.6 is 11.3 Å². The molecule has 0 radical (unpaired) electrons. The molecule has 5 nitrogen and oxygen atoms in total. The zero-order valence-corrected chi connectivity index (χ0v) is 34.7. The fraction of sp³-hybridized carbons (Fsp3) is 0. The van der Waals surface area contributed by atoms with Crippen molar-refractivity contribution in [2.24, 2.45) is 0 Å². The van der Waals surface area contributed by atoms with Gasteiger partial charge in [0, 0.05) is 69.8 Å². The summed E-state index contributed by atoms with van der Waals surface area (Å²) in [5.74, 6) is 1.97. The third-order valence-electron chi connectivity index (χ3n) is 12.4. The van der Waals surface area contributed by atoms with Crippen LogP contribution in [-0.4, -0.2) is 24.1 Å². The highest BCUT2D eigenvalue weighted by atomic mass is 32.1. The highest BCUT2D eigenvalue weighted by Gasteiger charge is 2.20. The molecule has 0 N–H and O–H groups in total. The van der Waals surface area contributed by atoms with Crippen LogP contribution in [0.1, 0.15) is 0 Å². The summed E-state index contributed by atoms with van der Waals surface area (Å²) in [5, 5.41) is 7.28. The Morgan fingerprint density at radius 3 is 1.52 bits per heavy atom. The standard InChI is InChI=1S/C57H35N5S/c1-4-15-36(16-5-1)55-58-56(37-17-6-2-7-18-37)60-57(59-55)45-23-14-26-53-54(45)47-34-39(28-32-52(47)63-53)38-27-31-50-46(33-38)44-30-29-41(35-51(44)61(50)40-19-8-3-9-20-40)62-48-24-12-10-21-42(48)43-22-11-13-25-49(43)62/h1-35H. The first-order valence-electron chi connectivity index (χ1n) is 21.2. The molecule has 0 aliphatic heterocycles. The van der Waals surface area contributed by atoms with Crippen LogP contribution in [0.2, 0.25) is 0 Å². The summed E-state index contributed by atoms with van der Waals surface area (Å²) < 4.78 is 7.23. The highest BCUT2D eigenvalue weighted by Crippen LogP contribution is 2.43. The fourth-order valence-electron chi connectivity index (χ4n) is 9.51. The summed E-state index contributed by atoms with van der Waals surface area (Å²) >= 11 is 1.81. The predicted molar refractivity (Wildman–Crippen MR) is 263 cm³/mol. The number of nitrogens with zero attached hydrogens (tertiary/aromatic N) is 5. The van der Waals surface area contributed by atoms with Gasteiger partial charge in [-0.2, -0.15) is 0 Å². The van der Waals surface area contributed by atoms with Gasteiger partial charge in [-0.3, -0.25) is 0 Å². The van der Waals surface area contributed by atoms with Gasteiger partial charge in [0.25, 0.3) is 0 Å². The van der Waals surface area contributed by atoms with Crippen molar-refractivity contribution in [1.29, 1.82) is 0 Å². The Kier molecular flexibility index (Phi) is 8.01. The van der Waals surface area contributed by atoms with Crippen LogP contribution in [0.25, 0.3) is 120 Å². The van der Waals surface area contributed by atoms with Crippen LogP contribution in [0.15, 0.2) is 212 Å². The minimum absolute atomic E-state index is 0.654. The van der Waals surface area contributed by atoms with E-state index in [-0.39, 0.29) is 0 Å². The van der Waals surface area contributed by atoms with Crippen LogP contribution in [0, 0.1) is 0 Å². The van der Waals surface area contributed by atoms with Crippen molar-refractivity contribution in [2.45, 2.75) is 0 Å². The molecule has 9 aromatic carbocycles. The second-order valence-electron chi connectivity index (χ2n) is 16.0. The maximum atomic E-state index is 5.14. The molecular formula is C57H35N5S. The molecule has 0 aliphatic carbocycles. The average molecular weight is 822 g/mol. The van der Waals surface area contributed by atoms with E-state index in [1.807, 2.05) is 36.4 Å². The number of benzene rings is 9. The van der Waals surface area contributed by atoms with E-state index in [2.05, 4.69) is 185 Å². The molecule has 13 rings (SSSR count). The van der Waals surface area contributed by atoms with Crippen molar-refractivity contribution < 1.29 is 0 Å². The van der Waals surface area contributed by atoms with Crippen LogP contribution in [0.3, 0.4) is 0 Å². The SMILES string of the molecule is c1ccc(-c2nc(-c3ccccc3)nc(-c3cccc4sc5ccc(-c6ccc7c(c6)c6ccc(-n8c9ccccc9c9ccccc98)cc6n7-c6ccccc6)cc5c34)n2)cc1. The molecule has 13 aromatic rings. The molecule has 0 aliphatic rings. The number of fused-ring (bicyclic) bond motifs is 9. The fourth-order valence-corrected chi connectivity index (χ4v) is 10.6. The molecule has 0 atom stereocenters. The summed E-state index contributed by atoms with van der Waals surface area (Å²) in [5.41, 5.74) is 12.2. The summed E-state index contributed by atoms with van der Waals surface area (Å²) in [7, 11) is 0. The van der Waals surface area contributed by atoms with Crippen LogP contribution in [0.4, 0.5) is 0 Å². The summed E-state index contributed by atoms with van der Waals surface area (Å²) in [6.07, 6.45) is 0. The molecule has 0 spiro atoms. The van der Waals surface area contributed by atoms with Gasteiger partial charge in [0.2, 0.25) is 0 Å². The monoisotopic (exact) mass is 821 g/mol. The lowest BCUT2D eigenvalue weighted by molar-refractivity contribution is 1.08. The number of hydrogen-bond donors (Lipinski definition) is 0. The number of hydrogen-bond acceptors (Lipinski definition) is 4. The first-order valence-corrected chi connectivity index (χ1v) is 22.0. The minimum atomic E-state index is 0.654. The second kappa shape index (κ2) is 14.2. The maximum Gasteiger partial charge on any atom is 0.164 e. The topological polar surface area (TPSA) is 48.5 Å². The third kappa shape index (κ3) is 5.73. The van der Waals surface area contributed by atoms with Crippen LogP contribution in [0.5, 0.6) is 0 Å².